The summed E-state index contributed by atoms with van der Waals surface area (Å²) in [6, 6.07) is 5.64. The van der Waals surface area contributed by atoms with Gasteiger partial charge in [0.1, 0.15) is 0 Å². The molecule has 5 nitrogen and oxygen atoms in total. The highest BCUT2D eigenvalue weighted by atomic mass is 16.4. The summed E-state index contributed by atoms with van der Waals surface area (Å²) < 4.78 is 0. The summed E-state index contributed by atoms with van der Waals surface area (Å²) in [5.74, 6) is -0.232. The number of carboxylic acid groups (broad SMARTS) is 1. The van der Waals surface area contributed by atoms with Crippen molar-refractivity contribution in [3.63, 3.8) is 0 Å². The van der Waals surface area contributed by atoms with E-state index in [0.29, 0.717) is 5.92 Å². The van der Waals surface area contributed by atoms with Crippen LogP contribution in [0.3, 0.4) is 0 Å². The number of aliphatic carboxylic acids is 1. The van der Waals surface area contributed by atoms with E-state index in [4.69, 9.17) is 5.11 Å². The molecular formula is C13H14N2O3. The largest absolute Gasteiger partial charge is 0.481 e. The predicted molar refractivity (Wildman–Crippen MR) is 66.6 cm³/mol. The molecule has 2 aromatic rings. The molecule has 0 bridgehead atoms. The van der Waals surface area contributed by atoms with E-state index < -0.39 is 5.97 Å². The minimum Gasteiger partial charge on any atom is -0.481 e. The van der Waals surface area contributed by atoms with Crippen LogP contribution in [0.25, 0.3) is 11.0 Å². The van der Waals surface area contributed by atoms with Crippen LogP contribution >= 0.6 is 0 Å². The average Bonchev–Trinajstić information content (AvgIpc) is 3.06. The van der Waals surface area contributed by atoms with Gasteiger partial charge in [-0.15, -0.1) is 0 Å². The first kappa shape index (κ1) is 11.1. The maximum absolute atomic E-state index is 11.2. The Kier molecular flexibility index (Phi) is 2.47. The van der Waals surface area contributed by atoms with Gasteiger partial charge < -0.3 is 15.1 Å². The van der Waals surface area contributed by atoms with E-state index in [-0.39, 0.29) is 18.0 Å². The average molecular weight is 246 g/mol. The number of H-pyrrole nitrogens is 2. The van der Waals surface area contributed by atoms with Crippen molar-refractivity contribution in [3.05, 3.63) is 34.2 Å². The summed E-state index contributed by atoms with van der Waals surface area (Å²) in [6.07, 6.45) is 2.35. The monoisotopic (exact) mass is 246 g/mol. The molecule has 1 saturated carbocycles. The Bertz CT molecular complexity index is 652. The first-order valence-corrected chi connectivity index (χ1v) is 6.07. The fourth-order valence-corrected chi connectivity index (χ4v) is 2.52. The molecule has 0 spiro atoms. The summed E-state index contributed by atoms with van der Waals surface area (Å²) in [4.78, 5) is 27.5. The number of carbonyl (C=O) groups is 1. The third-order valence-electron chi connectivity index (χ3n) is 3.55. The molecule has 1 heterocycles. The molecule has 1 atom stereocenters. The van der Waals surface area contributed by atoms with Gasteiger partial charge in [0.25, 0.3) is 0 Å². The van der Waals surface area contributed by atoms with E-state index in [1.165, 1.54) is 0 Å². The topological polar surface area (TPSA) is 85.9 Å². The maximum Gasteiger partial charge on any atom is 0.323 e. The van der Waals surface area contributed by atoms with Crippen molar-refractivity contribution in [1.82, 2.24) is 9.97 Å². The molecule has 0 amide bonds. The molecule has 1 unspecified atom stereocenters. The first-order chi connectivity index (χ1) is 8.63. The SMILES string of the molecule is O=C(O)CC(c1ccc2[nH]c(=O)[nH]c2c1)C1CC1. The van der Waals surface area contributed by atoms with E-state index in [9.17, 15) is 9.59 Å². The normalized spacial score (nSPS) is 16.9. The van der Waals surface area contributed by atoms with Crippen molar-refractivity contribution in [2.45, 2.75) is 25.2 Å². The number of hydrogen-bond donors (Lipinski definition) is 3. The fourth-order valence-electron chi connectivity index (χ4n) is 2.52. The molecule has 0 saturated heterocycles. The molecule has 0 aliphatic heterocycles. The lowest BCUT2D eigenvalue weighted by Crippen LogP contribution is -2.08. The van der Waals surface area contributed by atoms with E-state index >= 15 is 0 Å². The fraction of sp³-hybridized carbons (Fsp3) is 0.385. The minimum atomic E-state index is -0.769. The number of imidazole rings is 1. The molecule has 3 N–H and O–H groups in total. The summed E-state index contributed by atoms with van der Waals surface area (Å²) in [7, 11) is 0. The number of fused-ring (bicyclic) bond motifs is 1. The van der Waals surface area contributed by atoms with Gasteiger partial charge in [-0.1, -0.05) is 6.07 Å². The van der Waals surface area contributed by atoms with Crippen LogP contribution in [0.1, 0.15) is 30.7 Å². The molecule has 1 fully saturated rings. The van der Waals surface area contributed by atoms with Crippen LogP contribution in [0.2, 0.25) is 0 Å². The molecule has 5 heteroatoms. The van der Waals surface area contributed by atoms with Crippen LogP contribution in [0, 0.1) is 5.92 Å². The van der Waals surface area contributed by atoms with Gasteiger partial charge in [0.15, 0.2) is 0 Å². The highest BCUT2D eigenvalue weighted by Gasteiger charge is 2.33. The van der Waals surface area contributed by atoms with Gasteiger partial charge in [-0.2, -0.15) is 0 Å². The van der Waals surface area contributed by atoms with E-state index in [1.807, 2.05) is 18.2 Å². The van der Waals surface area contributed by atoms with E-state index in [2.05, 4.69) is 9.97 Å². The van der Waals surface area contributed by atoms with Crippen LogP contribution in [0.15, 0.2) is 23.0 Å². The quantitative estimate of drug-likeness (QED) is 0.769. The predicted octanol–water partition coefficient (Wildman–Crippen LogP) is 1.82. The molecule has 3 rings (SSSR count). The number of aromatic nitrogens is 2. The number of benzene rings is 1. The molecule has 94 valence electrons. The van der Waals surface area contributed by atoms with Crippen molar-refractivity contribution in [3.8, 4) is 0 Å². The van der Waals surface area contributed by atoms with Gasteiger partial charge in [-0.3, -0.25) is 4.79 Å². The van der Waals surface area contributed by atoms with Crippen LogP contribution in [-0.2, 0) is 4.79 Å². The number of nitrogens with one attached hydrogen (secondary N) is 2. The third kappa shape index (κ3) is 2.03. The van der Waals surface area contributed by atoms with Crippen LogP contribution in [0.4, 0.5) is 0 Å². The summed E-state index contributed by atoms with van der Waals surface area (Å²) >= 11 is 0. The lowest BCUT2D eigenvalue weighted by atomic mass is 9.91. The van der Waals surface area contributed by atoms with Gasteiger partial charge in [0, 0.05) is 0 Å². The van der Waals surface area contributed by atoms with Crippen molar-refractivity contribution < 1.29 is 9.90 Å². The van der Waals surface area contributed by atoms with Crippen LogP contribution in [-0.4, -0.2) is 21.0 Å². The maximum atomic E-state index is 11.2. The summed E-state index contributed by atoms with van der Waals surface area (Å²) in [5.41, 5.74) is 2.27. The second-order valence-corrected chi connectivity index (χ2v) is 4.93. The zero-order chi connectivity index (χ0) is 12.7. The standard InChI is InChI=1S/C13H14N2O3/c16-12(17)6-9(7-1-2-7)8-3-4-10-11(5-8)15-13(18)14-10/h3-5,7,9H,1-2,6H2,(H,16,17)(H2,14,15,18). The van der Waals surface area contributed by atoms with Crippen LogP contribution < -0.4 is 5.69 Å². The van der Waals surface area contributed by atoms with E-state index in [0.717, 1.165) is 29.4 Å². The zero-order valence-corrected chi connectivity index (χ0v) is 9.77. The number of hydrogen-bond acceptors (Lipinski definition) is 2. The molecule has 0 radical (unpaired) electrons. The van der Waals surface area contributed by atoms with Crippen molar-refractivity contribution in [2.75, 3.05) is 0 Å². The highest BCUT2D eigenvalue weighted by Crippen LogP contribution is 2.44. The number of rotatable bonds is 4. The lowest BCUT2D eigenvalue weighted by molar-refractivity contribution is -0.137. The molecule has 18 heavy (non-hydrogen) atoms. The minimum absolute atomic E-state index is 0.0605. The summed E-state index contributed by atoms with van der Waals surface area (Å²) in [6.45, 7) is 0. The molecule has 1 aliphatic carbocycles. The van der Waals surface area contributed by atoms with Gasteiger partial charge in [-0.05, 0) is 42.4 Å². The number of carboxylic acids is 1. The Morgan fingerprint density at radius 3 is 2.72 bits per heavy atom. The number of aromatic amines is 2. The Balaban J connectivity index is 1.99. The molecular weight excluding hydrogens is 232 g/mol. The third-order valence-corrected chi connectivity index (χ3v) is 3.55. The Morgan fingerprint density at radius 1 is 1.33 bits per heavy atom. The summed E-state index contributed by atoms with van der Waals surface area (Å²) in [5, 5.41) is 8.98. The van der Waals surface area contributed by atoms with Gasteiger partial charge in [0.05, 0.1) is 17.5 Å². The molecule has 1 aromatic heterocycles. The van der Waals surface area contributed by atoms with Gasteiger partial charge >= 0.3 is 11.7 Å². The van der Waals surface area contributed by atoms with Crippen molar-refractivity contribution in [1.29, 1.82) is 0 Å². The van der Waals surface area contributed by atoms with Gasteiger partial charge in [-0.25, -0.2) is 4.79 Å². The Labute approximate surface area is 103 Å². The smallest absolute Gasteiger partial charge is 0.323 e. The molecule has 1 aliphatic rings. The zero-order valence-electron chi connectivity index (χ0n) is 9.77. The first-order valence-electron chi connectivity index (χ1n) is 6.07. The van der Waals surface area contributed by atoms with Gasteiger partial charge in [0.2, 0.25) is 0 Å². The molecule has 1 aromatic carbocycles. The second kappa shape index (κ2) is 4.01. The van der Waals surface area contributed by atoms with Crippen LogP contribution in [0.5, 0.6) is 0 Å². The second-order valence-electron chi connectivity index (χ2n) is 4.93. The Morgan fingerprint density at radius 2 is 2.06 bits per heavy atom. The Hall–Kier alpha value is -2.04. The highest BCUT2D eigenvalue weighted by molar-refractivity contribution is 5.76. The lowest BCUT2D eigenvalue weighted by Gasteiger charge is -2.14. The van der Waals surface area contributed by atoms with Crippen molar-refractivity contribution in [2.24, 2.45) is 5.92 Å². The van der Waals surface area contributed by atoms with Crippen molar-refractivity contribution >= 4 is 17.0 Å². The van der Waals surface area contributed by atoms with E-state index in [1.54, 1.807) is 0 Å².